The molecule has 1 atom stereocenters. The maximum Gasteiger partial charge on any atom is 0.251 e. The summed E-state index contributed by atoms with van der Waals surface area (Å²) in [7, 11) is 0. The second kappa shape index (κ2) is 7.76. The average Bonchev–Trinajstić information content (AvgIpc) is 3.24. The molecular weight excluding hydrogens is 316 g/mol. The van der Waals surface area contributed by atoms with Crippen molar-refractivity contribution >= 4 is 29.0 Å². The Kier molecular flexibility index (Phi) is 5.48. The molecule has 22 heavy (non-hydrogen) atoms. The van der Waals surface area contributed by atoms with Crippen molar-refractivity contribution in [1.29, 1.82) is 0 Å². The molecule has 3 rings (SSSR count). The predicted octanol–water partition coefficient (Wildman–Crippen LogP) is 3.34. The van der Waals surface area contributed by atoms with Crippen LogP contribution in [0.5, 0.6) is 0 Å². The summed E-state index contributed by atoms with van der Waals surface area (Å²) in [6, 6.07) is 7.71. The van der Waals surface area contributed by atoms with Crippen LogP contribution in [0.25, 0.3) is 0 Å². The van der Waals surface area contributed by atoms with Gasteiger partial charge in [0.1, 0.15) is 0 Å². The Morgan fingerprint density at radius 2 is 2.27 bits per heavy atom. The topological polar surface area (TPSA) is 51.2 Å². The zero-order valence-electron chi connectivity index (χ0n) is 12.2. The molecule has 1 saturated heterocycles. The minimum absolute atomic E-state index is 0.0356. The van der Waals surface area contributed by atoms with Crippen LogP contribution in [0.1, 0.15) is 28.9 Å². The fraction of sp³-hybridized carbons (Fsp3) is 0.375. The van der Waals surface area contributed by atoms with Crippen molar-refractivity contribution in [2.75, 3.05) is 13.2 Å². The highest BCUT2D eigenvalue weighted by Crippen LogP contribution is 2.23. The normalized spacial score (nSPS) is 17.5. The van der Waals surface area contributed by atoms with Gasteiger partial charge in [-0.25, -0.2) is 4.98 Å². The van der Waals surface area contributed by atoms with Crippen LogP contribution in [-0.4, -0.2) is 30.1 Å². The predicted molar refractivity (Wildman–Crippen MR) is 89.4 cm³/mol. The Hall–Kier alpha value is -1.37. The molecule has 4 nitrogen and oxygen atoms in total. The Bertz CT molecular complexity index is 593. The molecule has 1 amide bonds. The standard InChI is InChI=1S/C16H18N2O2S2/c19-16(17-8-14-2-1-7-20-14)12-3-5-15(6-4-12)22-10-13-9-21-11-18-13/h3-6,9,11,14H,1-2,7-8,10H2,(H,17,19)/t14-/m0/s1. The number of thioether (sulfide) groups is 1. The van der Waals surface area contributed by atoms with E-state index in [0.29, 0.717) is 12.1 Å². The number of nitrogens with zero attached hydrogens (tertiary/aromatic N) is 1. The summed E-state index contributed by atoms with van der Waals surface area (Å²) in [5.41, 5.74) is 3.63. The number of carbonyl (C=O) groups excluding carboxylic acids is 1. The molecule has 1 aromatic carbocycles. The van der Waals surface area contributed by atoms with E-state index in [-0.39, 0.29) is 12.0 Å². The highest BCUT2D eigenvalue weighted by atomic mass is 32.2. The summed E-state index contributed by atoms with van der Waals surface area (Å²) in [5, 5.41) is 4.99. The number of hydrogen-bond acceptors (Lipinski definition) is 5. The molecule has 6 heteroatoms. The zero-order valence-corrected chi connectivity index (χ0v) is 13.8. The molecular formula is C16H18N2O2S2. The van der Waals surface area contributed by atoms with Gasteiger partial charge in [-0.15, -0.1) is 23.1 Å². The van der Waals surface area contributed by atoms with Gasteiger partial charge in [0.05, 0.1) is 17.3 Å². The molecule has 2 heterocycles. The first-order chi connectivity index (χ1) is 10.8. The van der Waals surface area contributed by atoms with E-state index in [2.05, 4.69) is 15.7 Å². The van der Waals surface area contributed by atoms with E-state index in [9.17, 15) is 4.79 Å². The summed E-state index contributed by atoms with van der Waals surface area (Å²) in [4.78, 5) is 17.5. The van der Waals surface area contributed by atoms with Gasteiger partial charge in [-0.05, 0) is 37.1 Å². The first kappa shape index (κ1) is 15.5. The van der Waals surface area contributed by atoms with Crippen LogP contribution < -0.4 is 5.32 Å². The molecule has 1 aliphatic heterocycles. The van der Waals surface area contributed by atoms with Gasteiger partial charge in [0.2, 0.25) is 0 Å². The number of thiazole rings is 1. The molecule has 1 aromatic heterocycles. The van der Waals surface area contributed by atoms with Gasteiger partial charge in [-0.2, -0.15) is 0 Å². The van der Waals surface area contributed by atoms with Crippen LogP contribution >= 0.6 is 23.1 Å². The third-order valence-electron chi connectivity index (χ3n) is 3.50. The number of hydrogen-bond donors (Lipinski definition) is 1. The van der Waals surface area contributed by atoms with E-state index in [1.807, 2.05) is 29.8 Å². The average molecular weight is 334 g/mol. The lowest BCUT2D eigenvalue weighted by atomic mass is 10.2. The van der Waals surface area contributed by atoms with Crippen LogP contribution in [-0.2, 0) is 10.5 Å². The lowest BCUT2D eigenvalue weighted by molar-refractivity contribution is 0.0857. The number of rotatable bonds is 6. The summed E-state index contributed by atoms with van der Waals surface area (Å²) in [6.45, 7) is 1.41. The summed E-state index contributed by atoms with van der Waals surface area (Å²) < 4.78 is 5.50. The number of amides is 1. The van der Waals surface area contributed by atoms with Gasteiger partial charge in [0, 0.05) is 34.7 Å². The first-order valence-corrected chi connectivity index (χ1v) is 9.24. The van der Waals surface area contributed by atoms with E-state index >= 15 is 0 Å². The monoisotopic (exact) mass is 334 g/mol. The highest BCUT2D eigenvalue weighted by Gasteiger charge is 2.16. The minimum Gasteiger partial charge on any atom is -0.376 e. The van der Waals surface area contributed by atoms with Gasteiger partial charge in [-0.3, -0.25) is 4.79 Å². The Morgan fingerprint density at radius 1 is 1.41 bits per heavy atom. The molecule has 1 aliphatic rings. The van der Waals surface area contributed by atoms with Crippen LogP contribution in [0.4, 0.5) is 0 Å². The first-order valence-electron chi connectivity index (χ1n) is 7.31. The maximum absolute atomic E-state index is 12.1. The van der Waals surface area contributed by atoms with Gasteiger partial charge in [-0.1, -0.05) is 0 Å². The Labute approximate surface area is 138 Å². The third kappa shape index (κ3) is 4.32. The molecule has 1 fully saturated rings. The fourth-order valence-corrected chi connectivity index (χ4v) is 3.75. The van der Waals surface area contributed by atoms with Crippen molar-refractivity contribution < 1.29 is 9.53 Å². The lowest BCUT2D eigenvalue weighted by Crippen LogP contribution is -2.31. The number of carbonyl (C=O) groups is 1. The van der Waals surface area contributed by atoms with Crippen LogP contribution in [0, 0.1) is 0 Å². The van der Waals surface area contributed by atoms with Crippen molar-refractivity contribution in [3.63, 3.8) is 0 Å². The summed E-state index contributed by atoms with van der Waals surface area (Å²) in [6.07, 6.45) is 2.30. The smallest absolute Gasteiger partial charge is 0.251 e. The quantitative estimate of drug-likeness (QED) is 0.823. The Morgan fingerprint density at radius 3 is 2.95 bits per heavy atom. The molecule has 0 saturated carbocycles. The van der Waals surface area contributed by atoms with E-state index in [0.717, 1.165) is 35.8 Å². The van der Waals surface area contributed by atoms with E-state index < -0.39 is 0 Å². The molecule has 0 radical (unpaired) electrons. The molecule has 2 aromatic rings. The van der Waals surface area contributed by atoms with Crippen molar-refractivity contribution in [1.82, 2.24) is 10.3 Å². The van der Waals surface area contributed by atoms with Crippen molar-refractivity contribution in [3.05, 3.63) is 46.4 Å². The van der Waals surface area contributed by atoms with E-state index in [4.69, 9.17) is 4.74 Å². The van der Waals surface area contributed by atoms with E-state index in [1.165, 1.54) is 0 Å². The molecule has 0 aliphatic carbocycles. The maximum atomic E-state index is 12.1. The Balaban J connectivity index is 1.48. The summed E-state index contributed by atoms with van der Waals surface area (Å²) >= 11 is 3.33. The molecule has 0 unspecified atom stereocenters. The highest BCUT2D eigenvalue weighted by molar-refractivity contribution is 7.98. The van der Waals surface area contributed by atoms with Gasteiger partial charge >= 0.3 is 0 Å². The number of nitrogens with one attached hydrogen (secondary N) is 1. The largest absolute Gasteiger partial charge is 0.376 e. The third-order valence-corrected chi connectivity index (χ3v) is 5.18. The van der Waals surface area contributed by atoms with Crippen molar-refractivity contribution in [3.8, 4) is 0 Å². The molecule has 116 valence electrons. The van der Waals surface area contributed by atoms with Crippen LogP contribution in [0.15, 0.2) is 40.1 Å². The second-order valence-electron chi connectivity index (χ2n) is 5.14. The zero-order chi connectivity index (χ0) is 15.2. The van der Waals surface area contributed by atoms with Crippen molar-refractivity contribution in [2.45, 2.75) is 29.6 Å². The number of ether oxygens (including phenoxy) is 1. The minimum atomic E-state index is -0.0356. The van der Waals surface area contributed by atoms with Gasteiger partial charge in [0.15, 0.2) is 0 Å². The number of benzene rings is 1. The fourth-order valence-electron chi connectivity index (χ4n) is 2.28. The van der Waals surface area contributed by atoms with Crippen LogP contribution in [0.2, 0.25) is 0 Å². The molecule has 1 N–H and O–H groups in total. The van der Waals surface area contributed by atoms with E-state index in [1.54, 1.807) is 23.1 Å². The van der Waals surface area contributed by atoms with Crippen molar-refractivity contribution in [2.24, 2.45) is 0 Å². The van der Waals surface area contributed by atoms with Gasteiger partial charge < -0.3 is 10.1 Å². The van der Waals surface area contributed by atoms with Crippen LogP contribution in [0.3, 0.4) is 0 Å². The molecule has 0 bridgehead atoms. The summed E-state index contributed by atoms with van der Waals surface area (Å²) in [5.74, 6) is 0.820. The SMILES string of the molecule is O=C(NC[C@@H]1CCCO1)c1ccc(SCc2cscn2)cc1. The molecule has 0 spiro atoms. The number of aromatic nitrogens is 1. The second-order valence-corrected chi connectivity index (χ2v) is 6.91. The van der Waals surface area contributed by atoms with Gasteiger partial charge in [0.25, 0.3) is 5.91 Å². The lowest BCUT2D eigenvalue weighted by Gasteiger charge is -2.11.